The third kappa shape index (κ3) is 6.50. The summed E-state index contributed by atoms with van der Waals surface area (Å²) >= 11 is 6.08. The molecule has 45 heavy (non-hydrogen) atoms. The van der Waals surface area contributed by atoms with Crippen LogP contribution in [0.4, 0.5) is 22.0 Å². The Labute approximate surface area is 261 Å². The maximum atomic E-state index is 15.5. The zero-order valence-corrected chi connectivity index (χ0v) is 25.3. The first-order valence-electron chi connectivity index (χ1n) is 15.2. The van der Waals surface area contributed by atoms with Gasteiger partial charge in [0.25, 0.3) is 12.0 Å². The van der Waals surface area contributed by atoms with Crippen molar-refractivity contribution in [2.75, 3.05) is 19.6 Å². The number of hydrogen-bond donors (Lipinski definition) is 3. The van der Waals surface area contributed by atoms with Crippen LogP contribution in [0.3, 0.4) is 0 Å². The summed E-state index contributed by atoms with van der Waals surface area (Å²) < 4.78 is 72.5. The van der Waals surface area contributed by atoms with Crippen LogP contribution in [0.25, 0.3) is 16.9 Å². The second-order valence-electron chi connectivity index (χ2n) is 12.2. The van der Waals surface area contributed by atoms with Crippen molar-refractivity contribution in [1.29, 1.82) is 0 Å². The van der Waals surface area contributed by atoms with E-state index in [9.17, 15) is 22.4 Å². The molecule has 16 heteroatoms. The molecular formula is C29H35ClF5N9O. The summed E-state index contributed by atoms with van der Waals surface area (Å²) in [5.74, 6) is -0.647. The molecule has 0 amide bonds. The SMILES string of the molecule is C[C@@H]1CCC[C@H](n2cnc(-c3c(-n4cc(C(F)F)nn4)ccc(Cl)c3F)cc2=O)C2CC(CCN2)C2C(CNN2C(F)F)NC1. The van der Waals surface area contributed by atoms with Gasteiger partial charge in [-0.1, -0.05) is 30.2 Å². The van der Waals surface area contributed by atoms with Crippen LogP contribution in [0, 0.1) is 17.7 Å². The van der Waals surface area contributed by atoms with Gasteiger partial charge in [-0.3, -0.25) is 9.36 Å². The predicted octanol–water partition coefficient (Wildman–Crippen LogP) is 4.32. The number of hydrogen-bond acceptors (Lipinski definition) is 8. The summed E-state index contributed by atoms with van der Waals surface area (Å²) in [6.45, 7) is 1.21. The van der Waals surface area contributed by atoms with Gasteiger partial charge in [-0.2, -0.15) is 13.8 Å². The standard InChI is InChI=1S/C29H35ClF5N9O/c1-15-3-2-4-22(18-9-16(7-8-36-18)27-20(37-11-15)12-39-44(27)29(34)35)42-14-38-19(10-24(42)45)25-23(6-5-17(30)26(25)31)43-13-21(28(32)33)40-41-43/h5-6,10,13-16,18,20,22,27-29,36-37,39H,2-4,7-9,11-12H2,1H3/t15-,16?,18?,20?,22+,27?/m1/s1. The number of fused-ring (bicyclic) bond motifs is 4. The van der Waals surface area contributed by atoms with Gasteiger partial charge < -0.3 is 10.6 Å². The lowest BCUT2D eigenvalue weighted by molar-refractivity contribution is -0.0841. The first-order chi connectivity index (χ1) is 21.6. The topological polar surface area (TPSA) is 105 Å². The van der Waals surface area contributed by atoms with E-state index in [4.69, 9.17) is 11.6 Å². The maximum Gasteiger partial charge on any atom is 0.307 e. The van der Waals surface area contributed by atoms with Crippen LogP contribution in [0.1, 0.15) is 57.2 Å². The van der Waals surface area contributed by atoms with Crippen molar-refractivity contribution in [2.24, 2.45) is 11.8 Å². The molecule has 3 N–H and O–H groups in total. The Morgan fingerprint density at radius 3 is 2.62 bits per heavy atom. The molecule has 6 rings (SSSR count). The fourth-order valence-corrected chi connectivity index (χ4v) is 7.24. The van der Waals surface area contributed by atoms with Gasteiger partial charge >= 0.3 is 6.55 Å². The fraction of sp³-hybridized carbons (Fsp3) is 0.586. The molecule has 244 valence electrons. The minimum absolute atomic E-state index is 0.0367. The fourth-order valence-electron chi connectivity index (χ4n) is 7.09. The van der Waals surface area contributed by atoms with E-state index in [-0.39, 0.29) is 46.0 Å². The van der Waals surface area contributed by atoms with Crippen LogP contribution in [0.5, 0.6) is 0 Å². The number of alkyl halides is 4. The first kappa shape index (κ1) is 32.0. The second kappa shape index (κ2) is 13.4. The van der Waals surface area contributed by atoms with E-state index in [2.05, 4.69) is 38.3 Å². The molecule has 6 atom stereocenters. The quantitative estimate of drug-likeness (QED) is 0.276. The lowest BCUT2D eigenvalue weighted by Gasteiger charge is -2.42. The first-order valence-corrected chi connectivity index (χ1v) is 15.5. The van der Waals surface area contributed by atoms with Gasteiger partial charge in [0.05, 0.1) is 40.5 Å². The summed E-state index contributed by atoms with van der Waals surface area (Å²) in [5.41, 5.74) is 1.67. The Morgan fingerprint density at radius 2 is 1.89 bits per heavy atom. The molecule has 3 aliphatic rings. The molecule has 3 aliphatic heterocycles. The molecule has 0 radical (unpaired) electrons. The van der Waals surface area contributed by atoms with Gasteiger partial charge in [0.2, 0.25) is 0 Å². The van der Waals surface area contributed by atoms with E-state index in [1.165, 1.54) is 29.1 Å². The zero-order chi connectivity index (χ0) is 31.8. The number of hydrazine groups is 1. The van der Waals surface area contributed by atoms with E-state index in [1.54, 1.807) is 0 Å². The number of aromatic nitrogens is 5. The molecule has 1 aromatic carbocycles. The highest BCUT2D eigenvalue weighted by molar-refractivity contribution is 6.31. The van der Waals surface area contributed by atoms with Gasteiger partial charge in [0.15, 0.2) is 5.82 Å². The third-order valence-electron chi connectivity index (χ3n) is 9.29. The average molecular weight is 656 g/mol. The molecule has 0 spiro atoms. The maximum absolute atomic E-state index is 15.5. The van der Waals surface area contributed by atoms with Gasteiger partial charge in [-0.05, 0) is 62.7 Å². The summed E-state index contributed by atoms with van der Waals surface area (Å²) in [6.07, 6.45) is 3.10. The van der Waals surface area contributed by atoms with Crippen molar-refractivity contribution in [2.45, 2.75) is 76.2 Å². The Kier molecular flexibility index (Phi) is 9.52. The molecule has 2 bridgehead atoms. The van der Waals surface area contributed by atoms with Crippen LogP contribution >= 0.6 is 11.6 Å². The molecule has 3 aromatic rings. The lowest BCUT2D eigenvalue weighted by atomic mass is 9.79. The summed E-state index contributed by atoms with van der Waals surface area (Å²) in [4.78, 5) is 18.2. The lowest BCUT2D eigenvalue weighted by Crippen LogP contribution is -2.56. The molecule has 4 unspecified atom stereocenters. The Balaban J connectivity index is 1.35. The summed E-state index contributed by atoms with van der Waals surface area (Å²) in [5, 5.41) is 15.0. The minimum atomic E-state index is -2.88. The number of benzene rings is 1. The third-order valence-corrected chi connectivity index (χ3v) is 9.58. The van der Waals surface area contributed by atoms with E-state index in [0.29, 0.717) is 44.8 Å². The number of nitrogens with zero attached hydrogens (tertiary/aromatic N) is 6. The molecule has 2 aromatic heterocycles. The number of nitrogens with one attached hydrogen (secondary N) is 3. The smallest absolute Gasteiger partial charge is 0.307 e. The number of piperidine rings is 1. The van der Waals surface area contributed by atoms with E-state index in [0.717, 1.165) is 28.7 Å². The van der Waals surface area contributed by atoms with Crippen molar-refractivity contribution < 1.29 is 22.0 Å². The van der Waals surface area contributed by atoms with Gasteiger partial charge in [-0.25, -0.2) is 28.3 Å². The van der Waals surface area contributed by atoms with Crippen molar-refractivity contribution >= 4 is 11.6 Å². The van der Waals surface area contributed by atoms with Crippen LogP contribution < -0.4 is 21.6 Å². The highest BCUT2D eigenvalue weighted by Gasteiger charge is 2.45. The van der Waals surface area contributed by atoms with Gasteiger partial charge in [0, 0.05) is 30.7 Å². The highest BCUT2D eigenvalue weighted by Crippen LogP contribution is 2.36. The van der Waals surface area contributed by atoms with Crippen molar-refractivity contribution in [3.63, 3.8) is 0 Å². The average Bonchev–Trinajstić information content (AvgIpc) is 3.68. The van der Waals surface area contributed by atoms with Crippen molar-refractivity contribution in [1.82, 2.24) is 45.6 Å². The molecule has 0 saturated carbocycles. The number of rotatable bonds is 5. The highest BCUT2D eigenvalue weighted by atomic mass is 35.5. The molecule has 0 aliphatic carbocycles. The van der Waals surface area contributed by atoms with Crippen molar-refractivity contribution in [3.8, 4) is 16.9 Å². The Morgan fingerprint density at radius 1 is 1.07 bits per heavy atom. The molecule has 5 heterocycles. The van der Waals surface area contributed by atoms with Crippen LogP contribution in [-0.2, 0) is 0 Å². The summed E-state index contributed by atoms with van der Waals surface area (Å²) in [6, 6.07) is 2.78. The normalized spacial score (nSPS) is 28.2. The van der Waals surface area contributed by atoms with Crippen molar-refractivity contribution in [3.05, 3.63) is 57.6 Å². The minimum Gasteiger partial charge on any atom is -0.312 e. The monoisotopic (exact) mass is 655 g/mol. The zero-order valence-electron chi connectivity index (χ0n) is 24.5. The van der Waals surface area contributed by atoms with Crippen LogP contribution in [0.15, 0.2) is 35.5 Å². The van der Waals surface area contributed by atoms with Gasteiger partial charge in [0.1, 0.15) is 5.69 Å². The van der Waals surface area contributed by atoms with Crippen LogP contribution in [-0.4, -0.2) is 73.9 Å². The molecule has 3 fully saturated rings. The molecular weight excluding hydrogens is 621 g/mol. The van der Waals surface area contributed by atoms with E-state index >= 15 is 4.39 Å². The summed E-state index contributed by atoms with van der Waals surface area (Å²) in [7, 11) is 0. The Hall–Kier alpha value is -2.98. The van der Waals surface area contributed by atoms with Gasteiger partial charge in [-0.15, -0.1) is 5.10 Å². The molecule has 10 nitrogen and oxygen atoms in total. The van der Waals surface area contributed by atoms with E-state index < -0.39 is 36.1 Å². The largest absolute Gasteiger partial charge is 0.312 e. The molecule has 3 saturated heterocycles. The van der Waals surface area contributed by atoms with Crippen LogP contribution in [0.2, 0.25) is 5.02 Å². The second-order valence-corrected chi connectivity index (χ2v) is 12.6. The predicted molar refractivity (Wildman–Crippen MR) is 157 cm³/mol. The number of halogens is 6. The van der Waals surface area contributed by atoms with E-state index in [1.807, 2.05) is 0 Å². The Bertz CT molecular complexity index is 1550.